The van der Waals surface area contributed by atoms with E-state index in [0.717, 1.165) is 38.0 Å². The van der Waals surface area contributed by atoms with E-state index in [2.05, 4.69) is 37.8 Å². The number of rotatable bonds is 5. The highest BCUT2D eigenvalue weighted by molar-refractivity contribution is 6.00. The van der Waals surface area contributed by atoms with E-state index >= 15 is 0 Å². The number of hydrogen-bond acceptors (Lipinski definition) is 3. The maximum absolute atomic E-state index is 13.0. The van der Waals surface area contributed by atoms with Crippen molar-refractivity contribution in [1.29, 1.82) is 0 Å². The Bertz CT molecular complexity index is 663. The minimum atomic E-state index is -0.225. The molecule has 0 radical (unpaired) electrons. The van der Waals surface area contributed by atoms with Gasteiger partial charge in [-0.25, -0.2) is 0 Å². The van der Waals surface area contributed by atoms with Crippen LogP contribution in [0.25, 0.3) is 0 Å². The van der Waals surface area contributed by atoms with E-state index in [-0.39, 0.29) is 17.7 Å². The summed E-state index contributed by atoms with van der Waals surface area (Å²) in [7, 11) is 1.92. The van der Waals surface area contributed by atoms with Crippen molar-refractivity contribution >= 4 is 17.5 Å². The van der Waals surface area contributed by atoms with Crippen molar-refractivity contribution < 1.29 is 9.59 Å². The van der Waals surface area contributed by atoms with Crippen LogP contribution in [-0.2, 0) is 16.0 Å². The molecule has 1 aromatic rings. The van der Waals surface area contributed by atoms with Crippen LogP contribution in [0.5, 0.6) is 0 Å². The molecule has 2 heterocycles. The minimum absolute atomic E-state index is 0.0561. The zero-order valence-electron chi connectivity index (χ0n) is 17.1. The van der Waals surface area contributed by atoms with Crippen molar-refractivity contribution in [2.75, 3.05) is 31.6 Å². The normalized spacial score (nSPS) is 21.9. The van der Waals surface area contributed by atoms with Crippen LogP contribution in [0.4, 0.5) is 5.69 Å². The van der Waals surface area contributed by atoms with Gasteiger partial charge >= 0.3 is 0 Å². The van der Waals surface area contributed by atoms with Crippen molar-refractivity contribution in [3.05, 3.63) is 29.8 Å². The van der Waals surface area contributed by atoms with Crippen LogP contribution < -0.4 is 4.90 Å². The Balaban J connectivity index is 1.60. The van der Waals surface area contributed by atoms with Crippen LogP contribution in [0.1, 0.15) is 45.6 Å². The molecule has 148 valence electrons. The highest BCUT2D eigenvalue weighted by Crippen LogP contribution is 2.28. The van der Waals surface area contributed by atoms with Gasteiger partial charge in [0, 0.05) is 50.9 Å². The summed E-state index contributed by atoms with van der Waals surface area (Å²) in [5.41, 5.74) is 2.16. The molecule has 27 heavy (non-hydrogen) atoms. The Morgan fingerprint density at radius 1 is 1.19 bits per heavy atom. The molecular formula is C22H33N3O2. The fourth-order valence-electron chi connectivity index (χ4n) is 4.29. The summed E-state index contributed by atoms with van der Waals surface area (Å²) in [5, 5.41) is 0. The first-order valence-corrected chi connectivity index (χ1v) is 10.3. The van der Waals surface area contributed by atoms with Gasteiger partial charge in [-0.15, -0.1) is 0 Å². The molecule has 0 N–H and O–H groups in total. The zero-order chi connectivity index (χ0) is 19.6. The third kappa shape index (κ3) is 4.34. The quantitative estimate of drug-likeness (QED) is 0.799. The molecule has 2 fully saturated rings. The number of amides is 2. The van der Waals surface area contributed by atoms with Gasteiger partial charge in [-0.2, -0.15) is 0 Å². The zero-order valence-corrected chi connectivity index (χ0v) is 17.1. The van der Waals surface area contributed by atoms with Crippen molar-refractivity contribution in [1.82, 2.24) is 9.80 Å². The monoisotopic (exact) mass is 371 g/mol. The molecule has 2 aliphatic rings. The second-order valence-electron chi connectivity index (χ2n) is 8.24. The molecule has 3 rings (SSSR count). The predicted octanol–water partition coefficient (Wildman–Crippen LogP) is 2.93. The Morgan fingerprint density at radius 2 is 1.81 bits per heavy atom. The van der Waals surface area contributed by atoms with E-state index in [9.17, 15) is 9.59 Å². The van der Waals surface area contributed by atoms with Crippen LogP contribution >= 0.6 is 0 Å². The van der Waals surface area contributed by atoms with Crippen molar-refractivity contribution in [2.45, 2.75) is 58.5 Å². The van der Waals surface area contributed by atoms with Gasteiger partial charge in [0.05, 0.1) is 5.92 Å². The number of aryl methyl sites for hydroxylation is 1. The summed E-state index contributed by atoms with van der Waals surface area (Å²) in [6, 6.07) is 8.97. The van der Waals surface area contributed by atoms with Gasteiger partial charge in [0.2, 0.25) is 11.8 Å². The minimum Gasteiger partial charge on any atom is -0.342 e. The smallest absolute Gasteiger partial charge is 0.228 e. The van der Waals surface area contributed by atoms with Gasteiger partial charge in [0.25, 0.3) is 0 Å². The van der Waals surface area contributed by atoms with Crippen LogP contribution in [0, 0.1) is 5.92 Å². The third-order valence-corrected chi connectivity index (χ3v) is 6.26. The summed E-state index contributed by atoms with van der Waals surface area (Å²) in [6.07, 6.45) is 3.34. The summed E-state index contributed by atoms with van der Waals surface area (Å²) in [6.45, 7) is 9.14. The van der Waals surface area contributed by atoms with Gasteiger partial charge in [-0.1, -0.05) is 19.1 Å². The average molecular weight is 372 g/mol. The lowest BCUT2D eigenvalue weighted by atomic mass is 9.99. The number of anilines is 1. The van der Waals surface area contributed by atoms with E-state index in [1.807, 2.05) is 24.1 Å². The van der Waals surface area contributed by atoms with Gasteiger partial charge in [-0.3, -0.25) is 9.59 Å². The molecular weight excluding hydrogens is 338 g/mol. The average Bonchev–Trinajstić information content (AvgIpc) is 3.08. The van der Waals surface area contributed by atoms with Crippen molar-refractivity contribution in [3.8, 4) is 0 Å². The molecule has 2 saturated heterocycles. The Hall–Kier alpha value is -1.88. The van der Waals surface area contributed by atoms with E-state index in [0.29, 0.717) is 25.0 Å². The molecule has 2 aliphatic heterocycles. The number of piperidine rings is 1. The highest BCUT2D eigenvalue weighted by Gasteiger charge is 2.38. The number of benzene rings is 1. The standard InChI is InChI=1S/C22H33N3O2/c1-5-17-6-8-20(9-7-17)25-15-18(14-21(25)26)22(27)23(4)19-10-12-24(13-11-19)16(2)3/h6-9,16,18-19H,5,10-15H2,1-4H3. The number of carbonyl (C=O) groups is 2. The molecule has 5 heteroatoms. The maximum Gasteiger partial charge on any atom is 0.228 e. The third-order valence-electron chi connectivity index (χ3n) is 6.26. The Kier molecular flexibility index (Phi) is 6.20. The second kappa shape index (κ2) is 8.42. The topological polar surface area (TPSA) is 43.9 Å². The molecule has 0 aliphatic carbocycles. The molecule has 0 bridgehead atoms. The largest absolute Gasteiger partial charge is 0.342 e. The van der Waals surface area contributed by atoms with Crippen molar-refractivity contribution in [2.24, 2.45) is 5.92 Å². The van der Waals surface area contributed by atoms with Crippen LogP contribution in [0.15, 0.2) is 24.3 Å². The molecule has 0 saturated carbocycles. The number of hydrogen-bond donors (Lipinski definition) is 0. The van der Waals surface area contributed by atoms with Gasteiger partial charge < -0.3 is 14.7 Å². The molecule has 0 aromatic heterocycles. The summed E-state index contributed by atoms with van der Waals surface area (Å²) in [5.74, 6) is -0.0452. The second-order valence-corrected chi connectivity index (χ2v) is 8.24. The predicted molar refractivity (Wildman–Crippen MR) is 109 cm³/mol. The molecule has 0 spiro atoms. The Morgan fingerprint density at radius 3 is 2.37 bits per heavy atom. The molecule has 1 unspecified atom stereocenters. The molecule has 2 amide bonds. The van der Waals surface area contributed by atoms with Crippen LogP contribution in [-0.4, -0.2) is 60.4 Å². The van der Waals surface area contributed by atoms with Crippen molar-refractivity contribution in [3.63, 3.8) is 0 Å². The van der Waals surface area contributed by atoms with E-state index in [1.54, 1.807) is 4.90 Å². The van der Waals surface area contributed by atoms with E-state index < -0.39 is 0 Å². The summed E-state index contributed by atoms with van der Waals surface area (Å²) in [4.78, 5) is 31.7. The fourth-order valence-corrected chi connectivity index (χ4v) is 4.29. The van der Waals surface area contributed by atoms with Gasteiger partial charge in [0.1, 0.15) is 0 Å². The van der Waals surface area contributed by atoms with Crippen LogP contribution in [0.3, 0.4) is 0 Å². The lowest BCUT2D eigenvalue weighted by molar-refractivity contribution is -0.137. The SMILES string of the molecule is CCc1ccc(N2CC(C(=O)N(C)C3CCN(C(C)C)CC3)CC2=O)cc1. The van der Waals surface area contributed by atoms with Gasteiger partial charge in [-0.05, 0) is 50.8 Å². The number of likely N-dealkylation sites (tertiary alicyclic amines) is 1. The fraction of sp³-hybridized carbons (Fsp3) is 0.636. The first-order chi connectivity index (χ1) is 12.9. The van der Waals surface area contributed by atoms with Crippen LogP contribution in [0.2, 0.25) is 0 Å². The molecule has 5 nitrogen and oxygen atoms in total. The molecule has 1 atom stereocenters. The lowest BCUT2D eigenvalue weighted by Gasteiger charge is -2.39. The first-order valence-electron chi connectivity index (χ1n) is 10.3. The number of nitrogens with zero attached hydrogens (tertiary/aromatic N) is 3. The first kappa shape index (κ1) is 19.9. The highest BCUT2D eigenvalue weighted by atomic mass is 16.2. The van der Waals surface area contributed by atoms with E-state index in [1.165, 1.54) is 5.56 Å². The maximum atomic E-state index is 13.0. The number of carbonyl (C=O) groups excluding carboxylic acids is 2. The van der Waals surface area contributed by atoms with Gasteiger partial charge in [0.15, 0.2) is 0 Å². The summed E-state index contributed by atoms with van der Waals surface area (Å²) < 4.78 is 0. The lowest BCUT2D eigenvalue weighted by Crippen LogP contribution is -2.49. The Labute approximate surface area is 163 Å². The summed E-state index contributed by atoms with van der Waals surface area (Å²) >= 11 is 0. The van der Waals surface area contributed by atoms with E-state index in [4.69, 9.17) is 0 Å². The molecule has 1 aromatic carbocycles.